The number of nitrogens with zero attached hydrogens (tertiary/aromatic N) is 2. The molecule has 0 aliphatic carbocycles. The first-order chi connectivity index (χ1) is 8.15. The molecule has 0 saturated carbocycles. The van der Waals surface area contributed by atoms with E-state index in [1.54, 1.807) is 11.3 Å². The van der Waals surface area contributed by atoms with Crippen molar-refractivity contribution < 1.29 is 4.42 Å². The number of nitrogens with one attached hydrogen (secondary N) is 1. The minimum absolute atomic E-state index is 0.303. The van der Waals surface area contributed by atoms with Crippen LogP contribution in [-0.2, 0) is 0 Å². The molecule has 0 aliphatic heterocycles. The quantitative estimate of drug-likeness (QED) is 0.850. The third kappa shape index (κ3) is 2.47. The van der Waals surface area contributed by atoms with Crippen LogP contribution in [0.3, 0.4) is 0 Å². The van der Waals surface area contributed by atoms with Gasteiger partial charge in [-0.2, -0.15) is 0 Å². The number of H-pyrrole nitrogens is 1. The lowest BCUT2D eigenvalue weighted by atomic mass is 10.1. The lowest BCUT2D eigenvalue weighted by Crippen LogP contribution is -1.93. The fourth-order valence-corrected chi connectivity index (χ4v) is 3.14. The van der Waals surface area contributed by atoms with Crippen LogP contribution in [0.2, 0.25) is 0 Å². The van der Waals surface area contributed by atoms with Gasteiger partial charge in [0.2, 0.25) is 0 Å². The zero-order chi connectivity index (χ0) is 12.4. The van der Waals surface area contributed by atoms with Crippen LogP contribution in [0, 0.1) is 11.8 Å². The SMILES string of the molecule is CCC(CC)c1nc(C)c(-c2n[nH]c(=S)o2)s1. The second kappa shape index (κ2) is 5.10. The maximum Gasteiger partial charge on any atom is 0.284 e. The van der Waals surface area contributed by atoms with E-state index in [1.165, 1.54) is 0 Å². The molecule has 0 spiro atoms. The van der Waals surface area contributed by atoms with Gasteiger partial charge in [0.25, 0.3) is 10.7 Å². The second-order valence-electron chi connectivity index (χ2n) is 3.90. The molecule has 2 aromatic heterocycles. The number of thiazole rings is 1. The summed E-state index contributed by atoms with van der Waals surface area (Å²) in [5.41, 5.74) is 0.960. The number of aryl methyl sites for hydroxylation is 1. The number of aromatic nitrogens is 3. The number of aromatic amines is 1. The van der Waals surface area contributed by atoms with Crippen LogP contribution < -0.4 is 0 Å². The predicted molar refractivity (Wildman–Crippen MR) is 70.9 cm³/mol. The Labute approximate surface area is 109 Å². The van der Waals surface area contributed by atoms with E-state index in [1.807, 2.05) is 6.92 Å². The molecule has 4 nitrogen and oxygen atoms in total. The van der Waals surface area contributed by atoms with Crippen molar-refractivity contribution in [3.05, 3.63) is 15.5 Å². The standard InChI is InChI=1S/C11H15N3OS2/c1-4-7(5-2)10-12-6(3)8(17-10)9-13-14-11(16)15-9/h7H,4-5H2,1-3H3,(H,14,16). The average molecular weight is 269 g/mol. The molecule has 2 aromatic rings. The van der Waals surface area contributed by atoms with Gasteiger partial charge in [0.15, 0.2) is 0 Å². The largest absolute Gasteiger partial charge is 0.408 e. The molecule has 0 bridgehead atoms. The van der Waals surface area contributed by atoms with Crippen molar-refractivity contribution in [3.8, 4) is 10.8 Å². The van der Waals surface area contributed by atoms with E-state index in [4.69, 9.17) is 16.6 Å². The lowest BCUT2D eigenvalue weighted by molar-refractivity contribution is 0.553. The summed E-state index contributed by atoms with van der Waals surface area (Å²) in [5.74, 6) is 1.07. The Kier molecular flexibility index (Phi) is 3.73. The third-order valence-electron chi connectivity index (χ3n) is 2.78. The normalized spacial score (nSPS) is 11.3. The van der Waals surface area contributed by atoms with Crippen LogP contribution in [0.1, 0.15) is 43.3 Å². The number of rotatable bonds is 4. The lowest BCUT2D eigenvalue weighted by Gasteiger charge is -2.06. The molecule has 92 valence electrons. The van der Waals surface area contributed by atoms with Crippen molar-refractivity contribution >= 4 is 23.6 Å². The van der Waals surface area contributed by atoms with Crippen LogP contribution in [0.15, 0.2) is 4.42 Å². The van der Waals surface area contributed by atoms with Crippen molar-refractivity contribution in [2.75, 3.05) is 0 Å². The molecule has 0 fully saturated rings. The average Bonchev–Trinajstić information content (AvgIpc) is 2.87. The number of hydrogen-bond acceptors (Lipinski definition) is 5. The maximum absolute atomic E-state index is 5.33. The van der Waals surface area contributed by atoms with Crippen molar-refractivity contribution in [1.82, 2.24) is 15.2 Å². The van der Waals surface area contributed by atoms with Gasteiger partial charge in [-0.15, -0.1) is 16.4 Å². The highest BCUT2D eigenvalue weighted by atomic mass is 32.1. The van der Waals surface area contributed by atoms with Crippen LogP contribution in [0.5, 0.6) is 0 Å². The summed E-state index contributed by atoms with van der Waals surface area (Å²) in [6.45, 7) is 6.35. The zero-order valence-corrected chi connectivity index (χ0v) is 11.7. The Morgan fingerprint density at radius 3 is 2.65 bits per heavy atom. The minimum Gasteiger partial charge on any atom is -0.408 e. The molecular formula is C11H15N3OS2. The van der Waals surface area contributed by atoms with Crippen LogP contribution in [0.4, 0.5) is 0 Å². The van der Waals surface area contributed by atoms with E-state index in [2.05, 4.69) is 29.0 Å². The van der Waals surface area contributed by atoms with Crippen molar-refractivity contribution in [3.63, 3.8) is 0 Å². The Morgan fingerprint density at radius 1 is 1.41 bits per heavy atom. The molecular weight excluding hydrogens is 254 g/mol. The molecule has 6 heteroatoms. The fourth-order valence-electron chi connectivity index (χ4n) is 1.76. The van der Waals surface area contributed by atoms with Gasteiger partial charge in [-0.3, -0.25) is 0 Å². The Hall–Kier alpha value is -1.01. The third-order valence-corrected chi connectivity index (χ3v) is 4.26. The summed E-state index contributed by atoms with van der Waals surface area (Å²) in [6.07, 6.45) is 2.21. The van der Waals surface area contributed by atoms with Crippen LogP contribution >= 0.6 is 23.6 Å². The fraction of sp³-hybridized carbons (Fsp3) is 0.545. The second-order valence-corrected chi connectivity index (χ2v) is 5.30. The van der Waals surface area contributed by atoms with E-state index >= 15 is 0 Å². The summed E-state index contributed by atoms with van der Waals surface area (Å²) in [4.78, 5) is 5.88. The maximum atomic E-state index is 5.33. The van der Waals surface area contributed by atoms with Gasteiger partial charge >= 0.3 is 0 Å². The van der Waals surface area contributed by atoms with Gasteiger partial charge in [-0.1, -0.05) is 13.8 Å². The Bertz CT molecular complexity index is 551. The highest BCUT2D eigenvalue weighted by Crippen LogP contribution is 2.34. The molecule has 0 unspecified atom stereocenters. The highest BCUT2D eigenvalue weighted by molar-refractivity contribution is 7.71. The van der Waals surface area contributed by atoms with Gasteiger partial charge in [-0.05, 0) is 32.0 Å². The Morgan fingerprint density at radius 2 is 2.12 bits per heavy atom. The van der Waals surface area contributed by atoms with Gasteiger partial charge < -0.3 is 4.42 Å². The first-order valence-electron chi connectivity index (χ1n) is 5.68. The van der Waals surface area contributed by atoms with E-state index < -0.39 is 0 Å². The van der Waals surface area contributed by atoms with Gasteiger partial charge in [0, 0.05) is 5.92 Å². The van der Waals surface area contributed by atoms with Crippen molar-refractivity contribution in [1.29, 1.82) is 0 Å². The van der Waals surface area contributed by atoms with Gasteiger partial charge in [0.1, 0.15) is 4.88 Å². The molecule has 2 heterocycles. The minimum atomic E-state index is 0.303. The summed E-state index contributed by atoms with van der Waals surface area (Å²) in [6, 6.07) is 0. The molecule has 17 heavy (non-hydrogen) atoms. The molecule has 0 aromatic carbocycles. The van der Waals surface area contributed by atoms with Gasteiger partial charge in [0.05, 0.1) is 10.7 Å². The zero-order valence-electron chi connectivity index (χ0n) is 10.1. The summed E-state index contributed by atoms with van der Waals surface area (Å²) in [5, 5.41) is 7.84. The first-order valence-corrected chi connectivity index (χ1v) is 6.91. The van der Waals surface area contributed by atoms with E-state index in [-0.39, 0.29) is 0 Å². The first kappa shape index (κ1) is 12.4. The molecule has 0 amide bonds. The predicted octanol–water partition coefficient (Wildman–Crippen LogP) is 4.07. The monoisotopic (exact) mass is 269 g/mol. The van der Waals surface area contributed by atoms with E-state index in [0.717, 1.165) is 28.4 Å². The molecule has 1 N–H and O–H groups in total. The molecule has 0 aliphatic rings. The van der Waals surface area contributed by atoms with Crippen LogP contribution in [-0.4, -0.2) is 15.2 Å². The summed E-state index contributed by atoms with van der Waals surface area (Å²) in [7, 11) is 0. The van der Waals surface area contributed by atoms with Crippen LogP contribution in [0.25, 0.3) is 10.8 Å². The molecule has 0 atom stereocenters. The van der Waals surface area contributed by atoms with Gasteiger partial charge in [-0.25, -0.2) is 10.1 Å². The number of hydrogen-bond donors (Lipinski definition) is 1. The van der Waals surface area contributed by atoms with E-state index in [0.29, 0.717) is 16.6 Å². The smallest absolute Gasteiger partial charge is 0.284 e. The van der Waals surface area contributed by atoms with Crippen molar-refractivity contribution in [2.45, 2.75) is 39.5 Å². The summed E-state index contributed by atoms with van der Waals surface area (Å²) < 4.78 is 5.33. The van der Waals surface area contributed by atoms with E-state index in [9.17, 15) is 0 Å². The Balaban J connectivity index is 2.40. The highest BCUT2D eigenvalue weighted by Gasteiger charge is 2.18. The topological polar surface area (TPSA) is 54.7 Å². The summed E-state index contributed by atoms with van der Waals surface area (Å²) >= 11 is 6.53. The van der Waals surface area contributed by atoms with Crippen molar-refractivity contribution in [2.24, 2.45) is 0 Å². The molecule has 2 rings (SSSR count). The molecule has 0 saturated heterocycles. The molecule has 0 radical (unpaired) electrons.